The van der Waals surface area contributed by atoms with Crippen molar-refractivity contribution < 1.29 is 0 Å². The Morgan fingerprint density at radius 3 is 2.56 bits per heavy atom. The summed E-state index contributed by atoms with van der Waals surface area (Å²) in [5.74, 6) is 0.724. The van der Waals surface area contributed by atoms with Crippen LogP contribution >= 0.6 is 0 Å². The summed E-state index contributed by atoms with van der Waals surface area (Å²) in [6.07, 6.45) is 6.23. The lowest BCUT2D eigenvalue weighted by molar-refractivity contribution is 0.189. The van der Waals surface area contributed by atoms with E-state index in [9.17, 15) is 0 Å². The first-order valence-electron chi connectivity index (χ1n) is 7.25. The van der Waals surface area contributed by atoms with E-state index in [2.05, 4.69) is 36.2 Å². The predicted molar refractivity (Wildman–Crippen MR) is 75.6 cm³/mol. The minimum Gasteiger partial charge on any atom is -0.321 e. The van der Waals surface area contributed by atoms with Crippen LogP contribution in [0.15, 0.2) is 24.3 Å². The Morgan fingerprint density at radius 2 is 1.89 bits per heavy atom. The molecule has 0 radical (unpaired) electrons. The van der Waals surface area contributed by atoms with Gasteiger partial charge >= 0.3 is 0 Å². The minimum atomic E-state index is -0.0517. The van der Waals surface area contributed by atoms with Crippen LogP contribution in [0.25, 0.3) is 0 Å². The van der Waals surface area contributed by atoms with Crippen molar-refractivity contribution >= 4 is 0 Å². The summed E-state index contributed by atoms with van der Waals surface area (Å²) in [6.45, 7) is 2.39. The first-order valence-corrected chi connectivity index (χ1v) is 7.25. The van der Waals surface area contributed by atoms with Crippen molar-refractivity contribution in [3.05, 3.63) is 35.4 Å². The number of hydrogen-bond acceptors (Lipinski definition) is 2. The van der Waals surface area contributed by atoms with Crippen LogP contribution in [-0.2, 0) is 5.54 Å². The second-order valence-corrected chi connectivity index (χ2v) is 6.26. The summed E-state index contributed by atoms with van der Waals surface area (Å²) in [5.41, 5.74) is 9.43. The van der Waals surface area contributed by atoms with Crippen molar-refractivity contribution in [2.45, 2.75) is 43.6 Å². The van der Waals surface area contributed by atoms with E-state index < -0.39 is 0 Å². The second-order valence-electron chi connectivity index (χ2n) is 6.26. The third-order valence-electron chi connectivity index (χ3n) is 4.74. The number of benzene rings is 1. The number of nitrogens with zero attached hydrogens (tertiary/aromatic N) is 1. The molecule has 0 bridgehead atoms. The topological polar surface area (TPSA) is 29.3 Å². The maximum absolute atomic E-state index is 6.63. The average Bonchev–Trinajstić information content (AvgIpc) is 2.36. The third-order valence-corrected chi connectivity index (χ3v) is 4.74. The molecule has 2 N–H and O–H groups in total. The van der Waals surface area contributed by atoms with Gasteiger partial charge in [-0.2, -0.15) is 0 Å². The highest BCUT2D eigenvalue weighted by Crippen LogP contribution is 2.36. The minimum absolute atomic E-state index is 0.0517. The van der Waals surface area contributed by atoms with Gasteiger partial charge in [0.25, 0.3) is 0 Å². The second kappa shape index (κ2) is 4.67. The molecule has 1 aromatic carbocycles. The normalized spacial score (nSPS) is 24.8. The van der Waals surface area contributed by atoms with Crippen LogP contribution in [0.5, 0.6) is 0 Å². The van der Waals surface area contributed by atoms with Crippen LogP contribution in [0, 0.1) is 0 Å². The Kier molecular flexibility index (Phi) is 3.16. The van der Waals surface area contributed by atoms with Crippen LogP contribution in [0.1, 0.15) is 49.1 Å². The van der Waals surface area contributed by atoms with Crippen molar-refractivity contribution in [3.8, 4) is 0 Å². The van der Waals surface area contributed by atoms with Crippen molar-refractivity contribution in [2.24, 2.45) is 5.73 Å². The summed E-state index contributed by atoms with van der Waals surface area (Å²) < 4.78 is 0. The highest BCUT2D eigenvalue weighted by atomic mass is 15.2. The smallest absolute Gasteiger partial charge is 0.0409 e. The summed E-state index contributed by atoms with van der Waals surface area (Å²) in [5, 5.41) is 0. The highest BCUT2D eigenvalue weighted by molar-refractivity contribution is 5.33. The molecule has 2 fully saturated rings. The van der Waals surface area contributed by atoms with Crippen molar-refractivity contribution in [1.29, 1.82) is 0 Å². The number of rotatable bonds is 2. The molecule has 0 atom stereocenters. The van der Waals surface area contributed by atoms with E-state index in [0.29, 0.717) is 0 Å². The van der Waals surface area contributed by atoms with E-state index in [-0.39, 0.29) is 5.54 Å². The van der Waals surface area contributed by atoms with E-state index in [1.165, 1.54) is 43.5 Å². The van der Waals surface area contributed by atoms with Crippen molar-refractivity contribution in [1.82, 2.24) is 4.90 Å². The zero-order chi connectivity index (χ0) is 12.6. The van der Waals surface area contributed by atoms with Gasteiger partial charge < -0.3 is 10.6 Å². The van der Waals surface area contributed by atoms with Crippen LogP contribution in [0.3, 0.4) is 0 Å². The Morgan fingerprint density at radius 1 is 1.17 bits per heavy atom. The summed E-state index contributed by atoms with van der Waals surface area (Å²) >= 11 is 0. The van der Waals surface area contributed by atoms with E-state index in [1.807, 2.05) is 0 Å². The van der Waals surface area contributed by atoms with Gasteiger partial charge in [0.1, 0.15) is 0 Å². The number of likely N-dealkylation sites (tertiary alicyclic amines) is 1. The van der Waals surface area contributed by atoms with Crippen LogP contribution in [-0.4, -0.2) is 25.0 Å². The van der Waals surface area contributed by atoms with E-state index in [4.69, 9.17) is 5.73 Å². The molecule has 1 saturated carbocycles. The van der Waals surface area contributed by atoms with Crippen molar-refractivity contribution in [3.63, 3.8) is 0 Å². The largest absolute Gasteiger partial charge is 0.321 e. The Hall–Kier alpha value is -0.860. The van der Waals surface area contributed by atoms with Gasteiger partial charge in [0.05, 0.1) is 0 Å². The number of likely N-dealkylation sites (N-methyl/N-ethyl adjacent to an activating group) is 1. The summed E-state index contributed by atoms with van der Waals surface area (Å²) in [4.78, 5) is 2.37. The van der Waals surface area contributed by atoms with Crippen molar-refractivity contribution in [2.75, 3.05) is 20.1 Å². The maximum Gasteiger partial charge on any atom is 0.0409 e. The molecule has 2 aliphatic rings. The molecular formula is C16H24N2. The lowest BCUT2D eigenvalue weighted by Gasteiger charge is -2.38. The molecule has 2 heteroatoms. The fourth-order valence-electron chi connectivity index (χ4n) is 3.48. The molecule has 0 unspecified atom stereocenters. The molecule has 1 aliphatic carbocycles. The van der Waals surface area contributed by atoms with Gasteiger partial charge in [-0.25, -0.2) is 0 Å². The monoisotopic (exact) mass is 244 g/mol. The number of hydrogen-bond donors (Lipinski definition) is 1. The van der Waals surface area contributed by atoms with Gasteiger partial charge in [0.2, 0.25) is 0 Å². The molecule has 98 valence electrons. The summed E-state index contributed by atoms with van der Waals surface area (Å²) in [6, 6.07) is 9.08. The zero-order valence-corrected chi connectivity index (χ0v) is 11.4. The van der Waals surface area contributed by atoms with Crippen LogP contribution < -0.4 is 5.73 Å². The lowest BCUT2D eigenvalue weighted by Crippen LogP contribution is -2.42. The molecule has 0 amide bonds. The molecular weight excluding hydrogens is 220 g/mol. The van der Waals surface area contributed by atoms with E-state index >= 15 is 0 Å². The molecule has 2 nitrogen and oxygen atoms in total. The van der Waals surface area contributed by atoms with Crippen LogP contribution in [0.4, 0.5) is 0 Å². The summed E-state index contributed by atoms with van der Waals surface area (Å²) in [7, 11) is 2.19. The lowest BCUT2D eigenvalue weighted by atomic mass is 9.76. The van der Waals surface area contributed by atoms with Gasteiger partial charge in [0, 0.05) is 24.5 Å². The van der Waals surface area contributed by atoms with Crippen LogP contribution in [0.2, 0.25) is 0 Å². The highest BCUT2D eigenvalue weighted by Gasteiger charge is 2.31. The van der Waals surface area contributed by atoms with Gasteiger partial charge in [-0.05, 0) is 31.0 Å². The molecule has 1 aromatic rings. The van der Waals surface area contributed by atoms with E-state index in [1.54, 1.807) is 0 Å². The molecule has 0 spiro atoms. The average molecular weight is 244 g/mol. The molecule has 3 rings (SSSR count). The molecule has 18 heavy (non-hydrogen) atoms. The van der Waals surface area contributed by atoms with E-state index in [0.717, 1.165) is 18.8 Å². The van der Waals surface area contributed by atoms with Gasteiger partial charge in [0.15, 0.2) is 0 Å². The SMILES string of the molecule is CN1CC(c2cccc(C3(N)CCCCC3)c2)C1. The molecule has 1 saturated heterocycles. The van der Waals surface area contributed by atoms with Gasteiger partial charge in [-0.3, -0.25) is 0 Å². The van der Waals surface area contributed by atoms with Gasteiger partial charge in [-0.15, -0.1) is 0 Å². The Labute approximate surface area is 110 Å². The standard InChI is InChI=1S/C16H24N2/c1-18-11-14(12-18)13-6-5-7-15(10-13)16(17)8-3-2-4-9-16/h5-7,10,14H,2-4,8-9,11-12,17H2,1H3. The quantitative estimate of drug-likeness (QED) is 0.867. The first kappa shape index (κ1) is 12.2. The number of nitrogens with two attached hydrogens (primary N) is 1. The fourth-order valence-corrected chi connectivity index (χ4v) is 3.48. The predicted octanol–water partition coefficient (Wildman–Crippen LogP) is 2.83. The maximum atomic E-state index is 6.63. The molecule has 1 aliphatic heterocycles. The zero-order valence-electron chi connectivity index (χ0n) is 11.4. The fraction of sp³-hybridized carbons (Fsp3) is 0.625. The Balaban J connectivity index is 1.81. The van der Waals surface area contributed by atoms with Gasteiger partial charge in [-0.1, -0.05) is 43.5 Å². The molecule has 1 heterocycles. The Bertz CT molecular complexity index is 415. The third kappa shape index (κ3) is 2.19. The molecule has 0 aromatic heterocycles. The first-order chi connectivity index (χ1) is 8.67.